The predicted octanol–water partition coefficient (Wildman–Crippen LogP) is 2.90. The van der Waals surface area contributed by atoms with E-state index in [0.717, 1.165) is 12.8 Å². The first-order valence-corrected chi connectivity index (χ1v) is 4.60. The molecule has 66 valence electrons. The van der Waals surface area contributed by atoms with Gasteiger partial charge in [0.05, 0.1) is 0 Å². The Morgan fingerprint density at radius 1 is 1.27 bits per heavy atom. The lowest BCUT2D eigenvalue weighted by Gasteiger charge is -2.02. The summed E-state index contributed by atoms with van der Waals surface area (Å²) in [6.45, 7) is 4.64. The van der Waals surface area contributed by atoms with Gasteiger partial charge in [0.2, 0.25) is 0 Å². The van der Waals surface area contributed by atoms with Crippen molar-refractivity contribution in [3.63, 3.8) is 0 Å². The van der Waals surface area contributed by atoms with Crippen LogP contribution in [0.5, 0.6) is 0 Å². The van der Waals surface area contributed by atoms with E-state index < -0.39 is 0 Å². The van der Waals surface area contributed by atoms with E-state index in [-0.39, 0.29) is 0 Å². The Hall–Kier alpha value is -0.300. The lowest BCUT2D eigenvalue weighted by atomic mass is 10.1. The van der Waals surface area contributed by atoms with Crippen molar-refractivity contribution in [1.29, 1.82) is 0 Å². The smallest absolute Gasteiger partial charge is 0.0431 e. The third-order valence-corrected chi connectivity index (χ3v) is 2.02. The molecule has 0 aromatic heterocycles. The highest BCUT2D eigenvalue weighted by molar-refractivity contribution is 4.98. The predicted molar refractivity (Wildman–Crippen MR) is 49.6 cm³/mol. The molecule has 11 heavy (non-hydrogen) atoms. The van der Waals surface area contributed by atoms with Gasteiger partial charge in [0, 0.05) is 6.61 Å². The number of unbranched alkanes of at least 4 members (excludes halogenated alkanes) is 2. The molecule has 0 amide bonds. The molecule has 0 aromatic rings. The second kappa shape index (κ2) is 7.80. The summed E-state index contributed by atoms with van der Waals surface area (Å²) in [5.41, 5.74) is 1.54. The molecule has 0 aliphatic heterocycles. The van der Waals surface area contributed by atoms with Crippen molar-refractivity contribution in [3.05, 3.63) is 11.6 Å². The molecule has 0 aliphatic rings. The fraction of sp³-hybridized carbons (Fsp3) is 0.800. The molecule has 0 heterocycles. The van der Waals surface area contributed by atoms with Crippen LogP contribution in [0.4, 0.5) is 0 Å². The SMILES string of the molecule is C/C=C(\CC)CCCCCO. The average Bonchev–Trinajstić information content (AvgIpc) is 2.05. The molecule has 0 bridgehead atoms. The second-order valence-electron chi connectivity index (χ2n) is 2.83. The number of allylic oxidation sites excluding steroid dienone is 2. The van der Waals surface area contributed by atoms with Crippen LogP contribution >= 0.6 is 0 Å². The lowest BCUT2D eigenvalue weighted by molar-refractivity contribution is 0.283. The molecule has 0 fully saturated rings. The fourth-order valence-corrected chi connectivity index (χ4v) is 1.17. The summed E-state index contributed by atoms with van der Waals surface area (Å²) < 4.78 is 0. The van der Waals surface area contributed by atoms with E-state index in [9.17, 15) is 0 Å². The molecule has 0 saturated carbocycles. The molecule has 0 aliphatic carbocycles. The zero-order chi connectivity index (χ0) is 8.53. The van der Waals surface area contributed by atoms with Crippen LogP contribution in [-0.2, 0) is 0 Å². The van der Waals surface area contributed by atoms with Crippen LogP contribution in [0.25, 0.3) is 0 Å². The third kappa shape index (κ3) is 6.11. The van der Waals surface area contributed by atoms with Crippen molar-refractivity contribution >= 4 is 0 Å². The van der Waals surface area contributed by atoms with Gasteiger partial charge < -0.3 is 5.11 Å². The molecule has 0 aromatic carbocycles. The van der Waals surface area contributed by atoms with E-state index in [4.69, 9.17) is 5.11 Å². The van der Waals surface area contributed by atoms with Crippen LogP contribution < -0.4 is 0 Å². The first-order valence-electron chi connectivity index (χ1n) is 4.60. The average molecular weight is 156 g/mol. The molecule has 1 N–H and O–H groups in total. The van der Waals surface area contributed by atoms with E-state index in [2.05, 4.69) is 19.9 Å². The minimum absolute atomic E-state index is 0.345. The Bertz CT molecular complexity index is 105. The summed E-state index contributed by atoms with van der Waals surface area (Å²) in [5.74, 6) is 0. The topological polar surface area (TPSA) is 20.2 Å². The number of hydrogen-bond acceptors (Lipinski definition) is 1. The third-order valence-electron chi connectivity index (χ3n) is 2.02. The van der Waals surface area contributed by atoms with Gasteiger partial charge in [0.15, 0.2) is 0 Å². The quantitative estimate of drug-likeness (QED) is 0.463. The van der Waals surface area contributed by atoms with Gasteiger partial charge in [-0.3, -0.25) is 0 Å². The maximum atomic E-state index is 8.53. The Morgan fingerprint density at radius 3 is 2.45 bits per heavy atom. The highest BCUT2D eigenvalue weighted by Crippen LogP contribution is 2.11. The zero-order valence-corrected chi connectivity index (χ0v) is 7.77. The maximum Gasteiger partial charge on any atom is 0.0431 e. The van der Waals surface area contributed by atoms with Crippen LogP contribution in [0.2, 0.25) is 0 Å². The standard InChI is InChI=1S/C10H20O/c1-3-10(4-2)8-6-5-7-9-11/h3,11H,4-9H2,1-2H3/b10-3+. The number of aliphatic hydroxyl groups excluding tert-OH is 1. The first kappa shape index (κ1) is 10.7. The molecule has 0 spiro atoms. The monoisotopic (exact) mass is 156 g/mol. The van der Waals surface area contributed by atoms with Gasteiger partial charge in [0.25, 0.3) is 0 Å². The summed E-state index contributed by atoms with van der Waals surface area (Å²) in [6, 6.07) is 0. The number of rotatable bonds is 6. The van der Waals surface area contributed by atoms with Crippen molar-refractivity contribution in [2.45, 2.75) is 46.0 Å². The van der Waals surface area contributed by atoms with Crippen LogP contribution in [0.15, 0.2) is 11.6 Å². The van der Waals surface area contributed by atoms with Gasteiger partial charge in [0.1, 0.15) is 0 Å². The van der Waals surface area contributed by atoms with Gasteiger partial charge >= 0.3 is 0 Å². The normalized spacial score (nSPS) is 12.1. The fourth-order valence-electron chi connectivity index (χ4n) is 1.17. The van der Waals surface area contributed by atoms with Gasteiger partial charge in [-0.25, -0.2) is 0 Å². The Kier molecular flexibility index (Phi) is 7.59. The zero-order valence-electron chi connectivity index (χ0n) is 7.77. The summed E-state index contributed by atoms with van der Waals surface area (Å²) in [7, 11) is 0. The van der Waals surface area contributed by atoms with Crippen molar-refractivity contribution < 1.29 is 5.11 Å². The molecule has 0 atom stereocenters. The summed E-state index contributed by atoms with van der Waals surface area (Å²) >= 11 is 0. The Balaban J connectivity index is 3.22. The van der Waals surface area contributed by atoms with Crippen LogP contribution in [0.1, 0.15) is 46.0 Å². The molecular weight excluding hydrogens is 136 g/mol. The summed E-state index contributed by atoms with van der Waals surface area (Å²) in [4.78, 5) is 0. The minimum atomic E-state index is 0.345. The van der Waals surface area contributed by atoms with Crippen molar-refractivity contribution in [2.75, 3.05) is 6.61 Å². The summed E-state index contributed by atoms with van der Waals surface area (Å²) in [5, 5.41) is 8.53. The van der Waals surface area contributed by atoms with Crippen LogP contribution in [0, 0.1) is 0 Å². The minimum Gasteiger partial charge on any atom is -0.396 e. The molecule has 1 nitrogen and oxygen atoms in total. The largest absolute Gasteiger partial charge is 0.396 e. The molecule has 0 rings (SSSR count). The van der Waals surface area contributed by atoms with E-state index in [1.54, 1.807) is 5.57 Å². The van der Waals surface area contributed by atoms with Crippen LogP contribution in [0.3, 0.4) is 0 Å². The maximum absolute atomic E-state index is 8.53. The Labute approximate surface area is 70.1 Å². The number of hydrogen-bond donors (Lipinski definition) is 1. The van der Waals surface area contributed by atoms with Gasteiger partial charge in [-0.05, 0) is 32.6 Å². The molecule has 0 radical (unpaired) electrons. The van der Waals surface area contributed by atoms with Crippen molar-refractivity contribution in [3.8, 4) is 0 Å². The highest BCUT2D eigenvalue weighted by Gasteiger charge is 1.92. The number of aliphatic hydroxyl groups is 1. The second-order valence-corrected chi connectivity index (χ2v) is 2.83. The van der Waals surface area contributed by atoms with E-state index in [1.807, 2.05) is 0 Å². The molecule has 0 unspecified atom stereocenters. The van der Waals surface area contributed by atoms with Crippen LogP contribution in [-0.4, -0.2) is 11.7 Å². The first-order chi connectivity index (χ1) is 5.35. The van der Waals surface area contributed by atoms with E-state index >= 15 is 0 Å². The summed E-state index contributed by atoms with van der Waals surface area (Å²) in [6.07, 6.45) is 7.95. The molecule has 0 saturated heterocycles. The van der Waals surface area contributed by atoms with Crippen molar-refractivity contribution in [1.82, 2.24) is 0 Å². The van der Waals surface area contributed by atoms with Gasteiger partial charge in [-0.2, -0.15) is 0 Å². The van der Waals surface area contributed by atoms with Crippen molar-refractivity contribution in [2.24, 2.45) is 0 Å². The highest BCUT2D eigenvalue weighted by atomic mass is 16.2. The van der Waals surface area contributed by atoms with Gasteiger partial charge in [-0.15, -0.1) is 0 Å². The lowest BCUT2D eigenvalue weighted by Crippen LogP contribution is -1.85. The molecule has 1 heteroatoms. The van der Waals surface area contributed by atoms with E-state index in [1.165, 1.54) is 19.3 Å². The Morgan fingerprint density at radius 2 is 2.00 bits per heavy atom. The van der Waals surface area contributed by atoms with Gasteiger partial charge in [-0.1, -0.05) is 25.0 Å². The molecular formula is C10H20O. The van der Waals surface area contributed by atoms with E-state index in [0.29, 0.717) is 6.61 Å².